The van der Waals surface area contributed by atoms with Gasteiger partial charge in [-0.05, 0) is 63.6 Å². The van der Waals surface area contributed by atoms with Crippen molar-refractivity contribution in [3.63, 3.8) is 0 Å². The zero-order chi connectivity index (χ0) is 31.7. The molecule has 43 heavy (non-hydrogen) atoms. The van der Waals surface area contributed by atoms with Crippen LogP contribution in [0.15, 0.2) is 87.5 Å². The highest BCUT2D eigenvalue weighted by Gasteiger charge is 2.29. The fourth-order valence-corrected chi connectivity index (χ4v) is 8.39. The van der Waals surface area contributed by atoms with E-state index >= 15 is 0 Å². The summed E-state index contributed by atoms with van der Waals surface area (Å²) in [7, 11) is -11.8. The van der Waals surface area contributed by atoms with Gasteiger partial charge in [-0.15, -0.1) is 0 Å². The second-order valence-electron chi connectivity index (χ2n) is 10.7. The lowest BCUT2D eigenvalue weighted by atomic mass is 10.2. The fraction of sp³-hybridized carbons (Fsp3) is 0.419. The standard InChI is InChI=1S/C31H43N3O6S3/c1-5-6-7-8-22-33(42(37,38)30-17-11-27(3)12-18-30)24-25-34(43(39,40)31-19-13-28(4)14-20-31)23-21-32-41(35,36)29-15-9-26(2)10-16-29/h9-20,32H,5-8,21-25H2,1-4H3. The van der Waals surface area contributed by atoms with Crippen LogP contribution in [0, 0.1) is 20.8 Å². The molecule has 0 aliphatic carbocycles. The summed E-state index contributed by atoms with van der Waals surface area (Å²) >= 11 is 0. The van der Waals surface area contributed by atoms with Gasteiger partial charge in [-0.2, -0.15) is 8.61 Å². The lowest BCUT2D eigenvalue weighted by Crippen LogP contribution is -2.44. The number of hydrogen-bond acceptors (Lipinski definition) is 6. The number of rotatable bonds is 17. The molecule has 0 amide bonds. The predicted molar refractivity (Wildman–Crippen MR) is 170 cm³/mol. The molecule has 0 aliphatic rings. The van der Waals surface area contributed by atoms with Gasteiger partial charge in [0.2, 0.25) is 30.1 Å². The van der Waals surface area contributed by atoms with E-state index in [9.17, 15) is 25.3 Å². The molecule has 0 atom stereocenters. The van der Waals surface area contributed by atoms with Gasteiger partial charge in [-0.25, -0.2) is 30.0 Å². The molecular formula is C31H43N3O6S3. The lowest BCUT2D eigenvalue weighted by Gasteiger charge is -2.27. The Labute approximate surface area is 258 Å². The van der Waals surface area contributed by atoms with Gasteiger partial charge in [0.1, 0.15) is 0 Å². The molecule has 3 rings (SSSR count). The normalized spacial score (nSPS) is 12.7. The molecular weight excluding hydrogens is 607 g/mol. The van der Waals surface area contributed by atoms with Crippen molar-refractivity contribution >= 4 is 30.1 Å². The van der Waals surface area contributed by atoms with Crippen LogP contribution in [-0.2, 0) is 30.1 Å². The molecule has 3 aromatic rings. The smallest absolute Gasteiger partial charge is 0.210 e. The molecule has 0 bridgehead atoms. The Morgan fingerprint density at radius 2 is 0.907 bits per heavy atom. The van der Waals surface area contributed by atoms with E-state index in [0.29, 0.717) is 6.42 Å². The number of aryl methyl sites for hydroxylation is 3. The zero-order valence-electron chi connectivity index (χ0n) is 25.4. The van der Waals surface area contributed by atoms with E-state index in [1.54, 1.807) is 48.5 Å². The third-order valence-corrected chi connectivity index (χ3v) is 12.5. The Bertz CT molecular complexity index is 1640. The van der Waals surface area contributed by atoms with Gasteiger partial charge in [0.25, 0.3) is 0 Å². The van der Waals surface area contributed by atoms with Gasteiger partial charge in [0.05, 0.1) is 14.7 Å². The van der Waals surface area contributed by atoms with E-state index in [0.717, 1.165) is 40.3 Å². The summed E-state index contributed by atoms with van der Waals surface area (Å²) in [4.78, 5) is 0.274. The third kappa shape index (κ3) is 9.69. The largest absolute Gasteiger partial charge is 0.243 e. The van der Waals surface area contributed by atoms with E-state index in [1.165, 1.54) is 28.6 Å². The average molecular weight is 650 g/mol. The molecule has 236 valence electrons. The van der Waals surface area contributed by atoms with Crippen molar-refractivity contribution in [3.05, 3.63) is 89.5 Å². The minimum absolute atomic E-state index is 0.0513. The Kier molecular flexibility index (Phi) is 12.5. The molecule has 0 unspecified atom stereocenters. The molecule has 0 aromatic heterocycles. The van der Waals surface area contributed by atoms with Crippen molar-refractivity contribution in [1.29, 1.82) is 0 Å². The molecule has 0 saturated heterocycles. The molecule has 0 fully saturated rings. The lowest BCUT2D eigenvalue weighted by molar-refractivity contribution is 0.340. The topological polar surface area (TPSA) is 121 Å². The Balaban J connectivity index is 1.86. The number of hydrogen-bond donors (Lipinski definition) is 1. The summed E-state index contributed by atoms with van der Waals surface area (Å²) in [6, 6.07) is 19.3. The Morgan fingerprint density at radius 3 is 1.33 bits per heavy atom. The number of nitrogens with one attached hydrogen (secondary N) is 1. The highest BCUT2D eigenvalue weighted by Crippen LogP contribution is 2.20. The molecule has 0 spiro atoms. The van der Waals surface area contributed by atoms with Crippen LogP contribution in [0.2, 0.25) is 0 Å². The first kappa shape index (κ1) is 34.9. The average Bonchev–Trinajstić information content (AvgIpc) is 2.96. The van der Waals surface area contributed by atoms with Crippen molar-refractivity contribution in [2.45, 2.75) is 68.1 Å². The van der Waals surface area contributed by atoms with Gasteiger partial charge < -0.3 is 0 Å². The van der Waals surface area contributed by atoms with E-state index in [-0.39, 0.29) is 47.4 Å². The second-order valence-corrected chi connectivity index (χ2v) is 16.3. The summed E-state index contributed by atoms with van der Waals surface area (Å²) in [5, 5.41) is 0. The number of sulfonamides is 3. The molecule has 3 aromatic carbocycles. The van der Waals surface area contributed by atoms with Crippen molar-refractivity contribution in [2.24, 2.45) is 0 Å². The second kappa shape index (κ2) is 15.4. The maximum absolute atomic E-state index is 13.8. The minimum Gasteiger partial charge on any atom is -0.210 e. The predicted octanol–water partition coefficient (Wildman–Crippen LogP) is 4.85. The number of unbranched alkanes of at least 4 members (excludes halogenated alkanes) is 3. The maximum atomic E-state index is 13.8. The van der Waals surface area contributed by atoms with Crippen LogP contribution in [0.25, 0.3) is 0 Å². The first-order valence-electron chi connectivity index (χ1n) is 14.5. The van der Waals surface area contributed by atoms with Crippen molar-refractivity contribution in [1.82, 2.24) is 13.3 Å². The first-order valence-corrected chi connectivity index (χ1v) is 18.8. The van der Waals surface area contributed by atoms with Crippen LogP contribution >= 0.6 is 0 Å². The summed E-state index contributed by atoms with van der Waals surface area (Å²) in [5.41, 5.74) is 2.73. The van der Waals surface area contributed by atoms with Crippen LogP contribution < -0.4 is 4.72 Å². The molecule has 1 N–H and O–H groups in total. The zero-order valence-corrected chi connectivity index (χ0v) is 27.8. The molecule has 0 saturated carbocycles. The first-order chi connectivity index (χ1) is 20.3. The van der Waals surface area contributed by atoms with E-state index in [2.05, 4.69) is 11.6 Å². The van der Waals surface area contributed by atoms with E-state index in [1.807, 2.05) is 20.8 Å². The fourth-order valence-electron chi connectivity index (χ4n) is 4.47. The maximum Gasteiger partial charge on any atom is 0.243 e. The summed E-state index contributed by atoms with van der Waals surface area (Å²) in [5.74, 6) is 0. The number of benzene rings is 3. The van der Waals surface area contributed by atoms with E-state index < -0.39 is 30.1 Å². The molecule has 12 heteroatoms. The Hall–Kier alpha value is -2.61. The van der Waals surface area contributed by atoms with Crippen LogP contribution in [0.5, 0.6) is 0 Å². The summed E-state index contributed by atoms with van der Waals surface area (Å²) in [6.45, 7) is 7.28. The van der Waals surface area contributed by atoms with Crippen molar-refractivity contribution < 1.29 is 25.3 Å². The minimum atomic E-state index is -4.07. The van der Waals surface area contributed by atoms with Gasteiger partial charge >= 0.3 is 0 Å². The third-order valence-electron chi connectivity index (χ3n) is 7.16. The van der Waals surface area contributed by atoms with Crippen LogP contribution in [0.1, 0.15) is 49.3 Å². The molecule has 0 heterocycles. The summed E-state index contributed by atoms with van der Waals surface area (Å²) < 4.78 is 85.6. The SMILES string of the molecule is CCCCCCN(CCN(CCNS(=O)(=O)c1ccc(C)cc1)S(=O)(=O)c1ccc(C)cc1)S(=O)(=O)c1ccc(C)cc1. The molecule has 9 nitrogen and oxygen atoms in total. The van der Waals surface area contributed by atoms with Crippen molar-refractivity contribution in [3.8, 4) is 0 Å². The van der Waals surface area contributed by atoms with Crippen LogP contribution in [-0.4, -0.2) is 66.6 Å². The van der Waals surface area contributed by atoms with Gasteiger partial charge in [-0.1, -0.05) is 79.3 Å². The quantitative estimate of drug-likeness (QED) is 0.209. The van der Waals surface area contributed by atoms with Crippen LogP contribution in [0.4, 0.5) is 0 Å². The molecule has 0 aliphatic heterocycles. The van der Waals surface area contributed by atoms with Crippen molar-refractivity contribution in [2.75, 3.05) is 32.7 Å². The highest BCUT2D eigenvalue weighted by molar-refractivity contribution is 7.90. The highest BCUT2D eigenvalue weighted by atomic mass is 32.2. The van der Waals surface area contributed by atoms with Gasteiger partial charge in [0.15, 0.2) is 0 Å². The Morgan fingerprint density at radius 1 is 0.512 bits per heavy atom. The van der Waals surface area contributed by atoms with Gasteiger partial charge in [0, 0.05) is 32.7 Å². The van der Waals surface area contributed by atoms with E-state index in [4.69, 9.17) is 0 Å². The monoisotopic (exact) mass is 649 g/mol. The van der Waals surface area contributed by atoms with Crippen LogP contribution in [0.3, 0.4) is 0 Å². The molecule has 0 radical (unpaired) electrons. The van der Waals surface area contributed by atoms with Gasteiger partial charge in [-0.3, -0.25) is 0 Å². The number of nitrogens with zero attached hydrogens (tertiary/aromatic N) is 2. The summed E-state index contributed by atoms with van der Waals surface area (Å²) in [6.07, 6.45) is 3.45.